The summed E-state index contributed by atoms with van der Waals surface area (Å²) in [5, 5.41) is 2.54. The van der Waals surface area contributed by atoms with Gasteiger partial charge in [-0.1, -0.05) is 18.2 Å². The summed E-state index contributed by atoms with van der Waals surface area (Å²) in [5.41, 5.74) is -3.45. The molecule has 192 valence electrons. The van der Waals surface area contributed by atoms with E-state index in [1.54, 1.807) is 44.2 Å². The second kappa shape index (κ2) is 10.9. The Balaban J connectivity index is 1.75. The molecule has 5 atom stereocenters. The number of hydrogen-bond acceptors (Lipinski definition) is 8. The first-order chi connectivity index (χ1) is 16.4. The molecule has 1 fully saturated rings. The van der Waals surface area contributed by atoms with Crippen LogP contribution in [0.15, 0.2) is 52.2 Å². The van der Waals surface area contributed by atoms with Crippen LogP contribution in [0.2, 0.25) is 0 Å². The first-order valence-electron chi connectivity index (χ1n) is 11.0. The minimum absolute atomic E-state index is 0.195. The van der Waals surface area contributed by atoms with Gasteiger partial charge < -0.3 is 14.0 Å². The Morgan fingerprint density at radius 3 is 2.60 bits per heavy atom. The molecular weight excluding hydrogens is 484 g/mol. The number of carbonyl (C=O) groups excluding carboxylic acids is 1. The van der Waals surface area contributed by atoms with E-state index in [-0.39, 0.29) is 24.9 Å². The average Bonchev–Trinajstić information content (AvgIpc) is 3.06. The van der Waals surface area contributed by atoms with Crippen molar-refractivity contribution in [1.82, 2.24) is 14.6 Å². The number of halogens is 1. The molecule has 0 spiro atoms. The zero-order chi connectivity index (χ0) is 25.8. The van der Waals surface area contributed by atoms with Crippen LogP contribution in [0.4, 0.5) is 4.39 Å². The summed E-state index contributed by atoms with van der Waals surface area (Å²) >= 11 is 0. The molecule has 1 aliphatic rings. The normalized spacial score (nSPS) is 24.6. The lowest BCUT2D eigenvalue weighted by Crippen LogP contribution is -2.38. The summed E-state index contributed by atoms with van der Waals surface area (Å²) in [5.74, 6) is -0.445. The first-order valence-corrected chi connectivity index (χ1v) is 12.6. The molecule has 0 saturated carbocycles. The van der Waals surface area contributed by atoms with E-state index >= 15 is 4.39 Å². The highest BCUT2D eigenvalue weighted by Gasteiger charge is 2.48. The number of rotatable bonds is 10. The Bertz CT molecular complexity index is 1180. The van der Waals surface area contributed by atoms with E-state index in [0.29, 0.717) is 0 Å². The maximum absolute atomic E-state index is 15.3. The molecule has 1 aromatic carbocycles. The molecular formula is C22H29FN3O8P. The van der Waals surface area contributed by atoms with Crippen molar-refractivity contribution in [3.05, 3.63) is 63.4 Å². The third kappa shape index (κ3) is 7.11. The highest BCUT2D eigenvalue weighted by atomic mass is 31.2. The molecule has 0 aliphatic carbocycles. The number of nitrogens with zero attached hydrogens (tertiary/aromatic N) is 1. The van der Waals surface area contributed by atoms with Gasteiger partial charge in [-0.2, -0.15) is 5.09 Å². The number of benzene rings is 1. The molecule has 2 N–H and O–H groups in total. The molecule has 0 bridgehead atoms. The topological polar surface area (TPSA) is 138 Å². The van der Waals surface area contributed by atoms with E-state index in [4.69, 9.17) is 18.5 Å². The third-order valence-electron chi connectivity index (χ3n) is 5.02. The summed E-state index contributed by atoms with van der Waals surface area (Å²) in [6.07, 6.45) is -1.70. The van der Waals surface area contributed by atoms with E-state index in [9.17, 15) is 18.9 Å². The van der Waals surface area contributed by atoms with Crippen molar-refractivity contribution in [2.75, 3.05) is 6.61 Å². The molecule has 35 heavy (non-hydrogen) atoms. The van der Waals surface area contributed by atoms with Gasteiger partial charge in [0.1, 0.15) is 11.8 Å². The summed E-state index contributed by atoms with van der Waals surface area (Å²) in [4.78, 5) is 37.7. The van der Waals surface area contributed by atoms with Crippen LogP contribution in [0.3, 0.4) is 0 Å². The molecule has 2 heterocycles. The predicted molar refractivity (Wildman–Crippen MR) is 124 cm³/mol. The molecule has 11 nitrogen and oxygen atoms in total. The number of esters is 1. The van der Waals surface area contributed by atoms with Crippen LogP contribution in [0, 0.1) is 0 Å². The van der Waals surface area contributed by atoms with Crippen molar-refractivity contribution in [2.45, 2.75) is 64.3 Å². The minimum atomic E-state index is -4.17. The number of nitrogens with one attached hydrogen (secondary N) is 2. The maximum Gasteiger partial charge on any atom is 0.459 e. The van der Waals surface area contributed by atoms with Gasteiger partial charge >= 0.3 is 19.4 Å². The van der Waals surface area contributed by atoms with Gasteiger partial charge in [-0.05, 0) is 39.8 Å². The largest absolute Gasteiger partial charge is 0.462 e. The van der Waals surface area contributed by atoms with Crippen LogP contribution in [0.25, 0.3) is 0 Å². The molecule has 3 rings (SSSR count). The number of para-hydroxylation sites is 1. The SMILES string of the molecule is CC(C)OC(=O)C(C)NP(=O)(OCC1C[C@@](C)(F)[C@H](n2ccc(=O)[nH]c2=O)O1)Oc1ccccc1. The standard InChI is InChI=1S/C22H29FN3O8P/c1-14(2)32-19(28)15(3)25-35(30,34-16-8-6-5-7-9-16)31-13-17-12-22(4,23)20(33-17)26-11-10-18(27)24-21(26)29/h5-11,14-15,17,20H,12-13H2,1-4H3,(H,25,30)(H,24,27,29)/t15?,17?,20-,22-,35?/m1/s1. The van der Waals surface area contributed by atoms with Gasteiger partial charge in [-0.25, -0.2) is 13.8 Å². The number of aromatic nitrogens is 2. The first kappa shape index (κ1) is 26.8. The second-order valence-electron chi connectivity index (χ2n) is 8.64. The summed E-state index contributed by atoms with van der Waals surface area (Å²) < 4.78 is 51.7. The molecule has 0 radical (unpaired) electrons. The molecule has 1 aromatic heterocycles. The van der Waals surface area contributed by atoms with E-state index in [2.05, 4.69) is 10.1 Å². The molecule has 1 saturated heterocycles. The molecule has 3 unspecified atom stereocenters. The number of hydrogen-bond donors (Lipinski definition) is 2. The smallest absolute Gasteiger partial charge is 0.459 e. The van der Waals surface area contributed by atoms with Gasteiger partial charge in [0.2, 0.25) is 0 Å². The zero-order valence-electron chi connectivity index (χ0n) is 19.8. The van der Waals surface area contributed by atoms with Crippen molar-refractivity contribution in [1.29, 1.82) is 0 Å². The van der Waals surface area contributed by atoms with Gasteiger partial charge in [-0.3, -0.25) is 23.7 Å². The fourth-order valence-corrected chi connectivity index (χ4v) is 5.02. The van der Waals surface area contributed by atoms with Crippen LogP contribution >= 0.6 is 7.75 Å². The fraction of sp³-hybridized carbons (Fsp3) is 0.500. The molecule has 1 aliphatic heterocycles. The highest BCUT2D eigenvalue weighted by molar-refractivity contribution is 7.52. The Morgan fingerprint density at radius 2 is 1.97 bits per heavy atom. The number of aromatic amines is 1. The van der Waals surface area contributed by atoms with E-state index in [1.165, 1.54) is 13.8 Å². The van der Waals surface area contributed by atoms with E-state index in [1.807, 2.05) is 0 Å². The fourth-order valence-electron chi connectivity index (χ4n) is 3.50. The van der Waals surface area contributed by atoms with Crippen LogP contribution in [-0.4, -0.2) is 46.0 Å². The van der Waals surface area contributed by atoms with Gasteiger partial charge in [0.05, 0.1) is 18.8 Å². The zero-order valence-corrected chi connectivity index (χ0v) is 20.7. The monoisotopic (exact) mass is 513 g/mol. The van der Waals surface area contributed by atoms with Crippen molar-refractivity contribution < 1.29 is 32.3 Å². The Hall–Kier alpha value is -2.79. The lowest BCUT2D eigenvalue weighted by molar-refractivity contribution is -0.149. The molecule has 0 amide bonds. The lowest BCUT2D eigenvalue weighted by atomic mass is 10.0. The van der Waals surface area contributed by atoms with E-state index in [0.717, 1.165) is 16.8 Å². The van der Waals surface area contributed by atoms with Crippen molar-refractivity contribution in [2.24, 2.45) is 0 Å². The van der Waals surface area contributed by atoms with Crippen molar-refractivity contribution >= 4 is 13.7 Å². The number of H-pyrrole nitrogens is 1. The van der Waals surface area contributed by atoms with Crippen LogP contribution in [-0.2, 0) is 23.4 Å². The van der Waals surface area contributed by atoms with Gasteiger partial charge in [-0.15, -0.1) is 0 Å². The summed E-state index contributed by atoms with van der Waals surface area (Å²) in [6, 6.07) is 8.20. The number of alkyl halides is 1. The Morgan fingerprint density at radius 1 is 1.29 bits per heavy atom. The van der Waals surface area contributed by atoms with Crippen LogP contribution in [0.1, 0.15) is 40.3 Å². The third-order valence-corrected chi connectivity index (χ3v) is 6.67. The lowest BCUT2D eigenvalue weighted by Gasteiger charge is -2.24. The quantitative estimate of drug-likeness (QED) is 0.363. The Labute approximate surface area is 201 Å². The average molecular weight is 513 g/mol. The van der Waals surface area contributed by atoms with E-state index < -0.39 is 49.0 Å². The predicted octanol–water partition coefficient (Wildman–Crippen LogP) is 2.69. The number of carbonyl (C=O) groups is 1. The van der Waals surface area contributed by atoms with Gasteiger partial charge in [0, 0.05) is 18.7 Å². The summed E-state index contributed by atoms with van der Waals surface area (Å²) in [6.45, 7) is 5.67. The summed E-state index contributed by atoms with van der Waals surface area (Å²) in [7, 11) is -4.17. The maximum atomic E-state index is 15.3. The van der Waals surface area contributed by atoms with Gasteiger partial charge in [0.15, 0.2) is 11.9 Å². The van der Waals surface area contributed by atoms with Crippen molar-refractivity contribution in [3.63, 3.8) is 0 Å². The molecule has 2 aromatic rings. The van der Waals surface area contributed by atoms with Crippen LogP contribution in [0.5, 0.6) is 5.75 Å². The Kier molecular flexibility index (Phi) is 8.32. The van der Waals surface area contributed by atoms with Gasteiger partial charge in [0.25, 0.3) is 5.56 Å². The minimum Gasteiger partial charge on any atom is -0.462 e. The van der Waals surface area contributed by atoms with Crippen molar-refractivity contribution in [3.8, 4) is 5.75 Å². The van der Waals surface area contributed by atoms with Crippen LogP contribution < -0.4 is 20.9 Å². The molecule has 13 heteroatoms. The highest BCUT2D eigenvalue weighted by Crippen LogP contribution is 2.47. The second-order valence-corrected chi connectivity index (χ2v) is 10.3. The number of ether oxygens (including phenoxy) is 2.